The van der Waals surface area contributed by atoms with Crippen LogP contribution in [0.5, 0.6) is 0 Å². The Hall–Kier alpha value is -3.68. The summed E-state index contributed by atoms with van der Waals surface area (Å²) in [7, 11) is 0. The molecule has 0 fully saturated rings. The van der Waals surface area contributed by atoms with Crippen molar-refractivity contribution >= 4 is 28.3 Å². The van der Waals surface area contributed by atoms with Crippen LogP contribution < -0.4 is 5.76 Å². The fourth-order valence-corrected chi connectivity index (χ4v) is 3.74. The molecule has 1 amide bonds. The van der Waals surface area contributed by atoms with Gasteiger partial charge in [-0.3, -0.25) is 19.5 Å². The number of amides is 1. The number of carbonyl (C=O) groups excluding carboxylic acids is 1. The minimum atomic E-state index is -0.577. The molecule has 0 unspecified atom stereocenters. The Morgan fingerprint density at radius 2 is 1.97 bits per heavy atom. The fourth-order valence-electron chi connectivity index (χ4n) is 3.74. The van der Waals surface area contributed by atoms with E-state index in [9.17, 15) is 19.7 Å². The zero-order valence-electron chi connectivity index (χ0n) is 16.3. The summed E-state index contributed by atoms with van der Waals surface area (Å²) >= 11 is 0. The molecule has 0 N–H and O–H groups in total. The largest absolute Gasteiger partial charge is 0.419 e. The van der Waals surface area contributed by atoms with Gasteiger partial charge in [0.05, 0.1) is 16.5 Å². The third-order valence-electron chi connectivity index (χ3n) is 5.34. The van der Waals surface area contributed by atoms with Gasteiger partial charge in [0.1, 0.15) is 0 Å². The van der Waals surface area contributed by atoms with Crippen LogP contribution in [0.25, 0.3) is 16.7 Å². The van der Waals surface area contributed by atoms with Crippen molar-refractivity contribution in [3.05, 3.63) is 80.8 Å². The van der Waals surface area contributed by atoms with Gasteiger partial charge in [-0.25, -0.2) is 4.79 Å². The second kappa shape index (κ2) is 8.36. The van der Waals surface area contributed by atoms with E-state index in [1.165, 1.54) is 33.9 Å². The first-order valence-corrected chi connectivity index (χ1v) is 9.83. The van der Waals surface area contributed by atoms with Crippen molar-refractivity contribution in [3.63, 3.8) is 0 Å². The predicted octanol–water partition coefficient (Wildman–Crippen LogP) is 3.60. The molecule has 0 radical (unpaired) electrons. The number of nitro groups is 1. The highest BCUT2D eigenvalue weighted by atomic mass is 16.6. The summed E-state index contributed by atoms with van der Waals surface area (Å²) in [6.07, 6.45) is 3.72. The smallest absolute Gasteiger partial charge is 0.407 e. The molecule has 1 aromatic heterocycles. The Kier molecular flexibility index (Phi) is 5.47. The molecule has 0 bridgehead atoms. The molecule has 30 heavy (non-hydrogen) atoms. The Morgan fingerprint density at radius 3 is 2.67 bits per heavy atom. The molecular formula is C22H21N3O5. The number of nitrogens with zero attached hydrogens (tertiary/aromatic N) is 3. The number of hydrogen-bond donors (Lipinski definition) is 0. The Bertz CT molecular complexity index is 1180. The zero-order chi connectivity index (χ0) is 21.1. The molecule has 0 atom stereocenters. The molecule has 8 nitrogen and oxygen atoms in total. The maximum atomic E-state index is 12.5. The highest BCUT2D eigenvalue weighted by Crippen LogP contribution is 2.23. The fraction of sp³-hybridized carbons (Fsp3) is 0.273. The van der Waals surface area contributed by atoms with Crippen molar-refractivity contribution in [1.29, 1.82) is 0 Å². The zero-order valence-corrected chi connectivity index (χ0v) is 16.3. The van der Waals surface area contributed by atoms with Gasteiger partial charge < -0.3 is 9.32 Å². The summed E-state index contributed by atoms with van der Waals surface area (Å²) in [4.78, 5) is 36.8. The van der Waals surface area contributed by atoms with Crippen molar-refractivity contribution in [2.45, 2.75) is 25.8 Å². The lowest BCUT2D eigenvalue weighted by Crippen LogP contribution is -2.34. The van der Waals surface area contributed by atoms with Crippen LogP contribution in [0.4, 0.5) is 5.69 Å². The second-order valence-electron chi connectivity index (χ2n) is 7.22. The molecule has 0 saturated heterocycles. The van der Waals surface area contributed by atoms with E-state index in [-0.39, 0.29) is 17.2 Å². The molecule has 0 saturated carbocycles. The van der Waals surface area contributed by atoms with Crippen molar-refractivity contribution in [2.24, 2.45) is 0 Å². The number of nitro benzene ring substituents is 1. The number of benzene rings is 2. The summed E-state index contributed by atoms with van der Waals surface area (Å²) in [6, 6.07) is 14.2. The van der Waals surface area contributed by atoms with Gasteiger partial charge >= 0.3 is 5.76 Å². The van der Waals surface area contributed by atoms with E-state index in [0.717, 1.165) is 6.42 Å². The van der Waals surface area contributed by atoms with E-state index in [1.807, 2.05) is 23.1 Å². The van der Waals surface area contributed by atoms with E-state index >= 15 is 0 Å². The van der Waals surface area contributed by atoms with Crippen LogP contribution >= 0.6 is 0 Å². The highest BCUT2D eigenvalue weighted by molar-refractivity contribution is 5.78. The van der Waals surface area contributed by atoms with Gasteiger partial charge in [-0.15, -0.1) is 0 Å². The van der Waals surface area contributed by atoms with Crippen LogP contribution in [0.1, 0.15) is 24.8 Å². The van der Waals surface area contributed by atoms with Gasteiger partial charge in [0, 0.05) is 32.1 Å². The van der Waals surface area contributed by atoms with Crippen LogP contribution in [0.15, 0.2) is 63.8 Å². The Balaban J connectivity index is 1.35. The maximum absolute atomic E-state index is 12.5. The SMILES string of the molecule is O=C(CCCn1c(=O)oc2cc([N+](=O)[O-])ccc21)N1CC=C(c2ccccc2)CC1. The van der Waals surface area contributed by atoms with Crippen LogP contribution in [-0.4, -0.2) is 33.4 Å². The number of oxazole rings is 1. The lowest BCUT2D eigenvalue weighted by Gasteiger charge is -2.26. The van der Waals surface area contributed by atoms with E-state index in [2.05, 4.69) is 18.2 Å². The van der Waals surface area contributed by atoms with E-state index in [0.29, 0.717) is 38.0 Å². The molecule has 1 aliphatic rings. The summed E-state index contributed by atoms with van der Waals surface area (Å²) in [5.41, 5.74) is 2.98. The summed E-state index contributed by atoms with van der Waals surface area (Å²) in [6.45, 7) is 1.58. The molecule has 8 heteroatoms. The molecule has 1 aliphatic heterocycles. The maximum Gasteiger partial charge on any atom is 0.419 e. The van der Waals surface area contributed by atoms with Gasteiger partial charge in [0.15, 0.2) is 5.58 Å². The first-order chi connectivity index (χ1) is 14.5. The van der Waals surface area contributed by atoms with Gasteiger partial charge in [0.2, 0.25) is 5.91 Å². The van der Waals surface area contributed by atoms with Crippen molar-refractivity contribution in [3.8, 4) is 0 Å². The lowest BCUT2D eigenvalue weighted by molar-refractivity contribution is -0.384. The Labute approximate surface area is 172 Å². The average molecular weight is 407 g/mol. The number of carbonyl (C=O) groups is 1. The number of aryl methyl sites for hydroxylation is 1. The minimum absolute atomic E-state index is 0.0508. The number of aromatic nitrogens is 1. The van der Waals surface area contributed by atoms with Gasteiger partial charge in [0.25, 0.3) is 5.69 Å². The molecular weight excluding hydrogens is 386 g/mol. The molecule has 0 aliphatic carbocycles. The summed E-state index contributed by atoms with van der Waals surface area (Å²) in [5, 5.41) is 10.9. The van der Waals surface area contributed by atoms with Crippen LogP contribution in [0.3, 0.4) is 0 Å². The molecule has 0 spiro atoms. The monoisotopic (exact) mass is 407 g/mol. The third-order valence-corrected chi connectivity index (χ3v) is 5.34. The molecule has 2 aromatic carbocycles. The van der Waals surface area contributed by atoms with E-state index < -0.39 is 10.7 Å². The summed E-state index contributed by atoms with van der Waals surface area (Å²) in [5.74, 6) is -0.527. The number of hydrogen-bond acceptors (Lipinski definition) is 5. The van der Waals surface area contributed by atoms with Crippen LogP contribution in [0.2, 0.25) is 0 Å². The summed E-state index contributed by atoms with van der Waals surface area (Å²) < 4.78 is 6.53. The number of non-ortho nitro benzene ring substituents is 1. The average Bonchev–Trinajstić information content (AvgIpc) is 3.08. The van der Waals surface area contributed by atoms with Crippen molar-refractivity contribution in [1.82, 2.24) is 9.47 Å². The minimum Gasteiger partial charge on any atom is -0.407 e. The first-order valence-electron chi connectivity index (χ1n) is 9.83. The van der Waals surface area contributed by atoms with Crippen LogP contribution in [0, 0.1) is 10.1 Å². The second-order valence-corrected chi connectivity index (χ2v) is 7.22. The lowest BCUT2D eigenvalue weighted by atomic mass is 9.99. The molecule has 3 aromatic rings. The van der Waals surface area contributed by atoms with Crippen molar-refractivity contribution < 1.29 is 14.1 Å². The van der Waals surface area contributed by atoms with Gasteiger partial charge in [-0.05, 0) is 30.0 Å². The normalized spacial score (nSPS) is 14.0. The van der Waals surface area contributed by atoms with E-state index in [1.54, 1.807) is 0 Å². The predicted molar refractivity (Wildman–Crippen MR) is 112 cm³/mol. The molecule has 154 valence electrons. The first kappa shape index (κ1) is 19.6. The molecule has 2 heterocycles. The quantitative estimate of drug-likeness (QED) is 0.459. The van der Waals surface area contributed by atoms with Crippen molar-refractivity contribution in [2.75, 3.05) is 13.1 Å². The standard InChI is InChI=1S/C22H21N3O5/c26-21(23-13-10-17(11-14-23)16-5-2-1-3-6-16)7-4-12-24-19-9-8-18(25(28)29)15-20(19)30-22(24)27/h1-3,5-6,8-10,15H,4,7,11-14H2. The van der Waals surface area contributed by atoms with E-state index in [4.69, 9.17) is 4.42 Å². The third kappa shape index (κ3) is 4.03. The van der Waals surface area contributed by atoms with Gasteiger partial charge in [-0.2, -0.15) is 0 Å². The highest BCUT2D eigenvalue weighted by Gasteiger charge is 2.18. The molecule has 4 rings (SSSR count). The number of rotatable bonds is 6. The Morgan fingerprint density at radius 1 is 1.17 bits per heavy atom. The van der Waals surface area contributed by atoms with Crippen LogP contribution in [-0.2, 0) is 11.3 Å². The topological polar surface area (TPSA) is 98.6 Å². The van der Waals surface area contributed by atoms with Gasteiger partial charge in [-0.1, -0.05) is 36.4 Å². The number of fused-ring (bicyclic) bond motifs is 1.